The Bertz CT molecular complexity index is 966. The minimum Gasteiger partial charge on any atom is -0.351 e. The number of para-hydroxylation sites is 1. The first-order valence-electron chi connectivity index (χ1n) is 8.57. The summed E-state index contributed by atoms with van der Waals surface area (Å²) in [5.41, 5.74) is 1.40. The van der Waals surface area contributed by atoms with E-state index in [1.807, 2.05) is 71.6 Å². The number of nitriles is 2. The van der Waals surface area contributed by atoms with Gasteiger partial charge in [0.25, 0.3) is 0 Å². The molecule has 2 heterocycles. The van der Waals surface area contributed by atoms with Crippen LogP contribution in [-0.4, -0.2) is 17.9 Å². The largest absolute Gasteiger partial charge is 0.351 e. The first-order chi connectivity index (χ1) is 12.6. The SMILES string of the molecule is CC(=O)[C@@H]1[C@@H](c2ccccc2)C(C#N)(C#N)[C@H]2C=Cc3ccccc3N12. The Kier molecular flexibility index (Phi) is 3.63. The molecule has 0 aromatic heterocycles. The summed E-state index contributed by atoms with van der Waals surface area (Å²) in [7, 11) is 0. The highest BCUT2D eigenvalue weighted by Gasteiger charge is 2.62. The smallest absolute Gasteiger partial charge is 0.176 e. The Hall–Kier alpha value is -3.37. The van der Waals surface area contributed by atoms with Crippen LogP contribution >= 0.6 is 0 Å². The Balaban J connectivity index is 2.01. The average Bonchev–Trinajstić information content (AvgIpc) is 3.00. The lowest BCUT2D eigenvalue weighted by Crippen LogP contribution is -2.43. The molecule has 2 aliphatic heterocycles. The van der Waals surface area contributed by atoms with E-state index < -0.39 is 23.4 Å². The van der Waals surface area contributed by atoms with Gasteiger partial charge in [-0.3, -0.25) is 4.79 Å². The van der Waals surface area contributed by atoms with Crippen molar-refractivity contribution in [3.63, 3.8) is 0 Å². The van der Waals surface area contributed by atoms with Crippen molar-refractivity contribution in [1.82, 2.24) is 0 Å². The molecule has 4 nitrogen and oxygen atoms in total. The predicted molar refractivity (Wildman–Crippen MR) is 99.1 cm³/mol. The third kappa shape index (κ3) is 2.03. The molecule has 2 aromatic carbocycles. The van der Waals surface area contributed by atoms with Crippen LogP contribution in [0.3, 0.4) is 0 Å². The highest BCUT2D eigenvalue weighted by atomic mass is 16.1. The van der Waals surface area contributed by atoms with Crippen molar-refractivity contribution >= 4 is 17.5 Å². The number of benzene rings is 2. The van der Waals surface area contributed by atoms with E-state index in [-0.39, 0.29) is 5.78 Å². The highest BCUT2D eigenvalue weighted by molar-refractivity contribution is 5.91. The molecule has 0 spiro atoms. The van der Waals surface area contributed by atoms with E-state index in [4.69, 9.17) is 0 Å². The second-order valence-electron chi connectivity index (χ2n) is 6.81. The van der Waals surface area contributed by atoms with Gasteiger partial charge in [0.15, 0.2) is 11.2 Å². The minimum atomic E-state index is -1.33. The zero-order valence-electron chi connectivity index (χ0n) is 14.3. The molecule has 0 amide bonds. The number of hydrogen-bond acceptors (Lipinski definition) is 4. The number of Topliss-reactive ketones (excluding diaryl/α,β-unsaturated/α-hetero) is 1. The number of carbonyl (C=O) groups is 1. The second kappa shape index (κ2) is 5.86. The normalized spacial score (nSPS) is 24.9. The summed E-state index contributed by atoms with van der Waals surface area (Å²) in [6.07, 6.45) is 3.85. The van der Waals surface area contributed by atoms with Crippen molar-refractivity contribution in [1.29, 1.82) is 10.5 Å². The zero-order chi connectivity index (χ0) is 18.3. The van der Waals surface area contributed by atoms with Crippen LogP contribution in [0.2, 0.25) is 0 Å². The maximum Gasteiger partial charge on any atom is 0.176 e. The third-order valence-corrected chi connectivity index (χ3v) is 5.49. The summed E-state index contributed by atoms with van der Waals surface area (Å²) >= 11 is 0. The summed E-state index contributed by atoms with van der Waals surface area (Å²) in [4.78, 5) is 14.7. The molecule has 4 rings (SSSR count). The summed E-state index contributed by atoms with van der Waals surface area (Å²) in [5.74, 6) is -0.557. The molecule has 0 N–H and O–H groups in total. The monoisotopic (exact) mass is 339 g/mol. The number of hydrogen-bond donors (Lipinski definition) is 0. The molecule has 1 fully saturated rings. The fourth-order valence-electron chi connectivity index (χ4n) is 4.42. The quantitative estimate of drug-likeness (QED) is 0.837. The van der Waals surface area contributed by atoms with Crippen LogP contribution in [-0.2, 0) is 4.79 Å². The number of nitrogens with zero attached hydrogens (tertiary/aromatic N) is 3. The molecule has 4 heteroatoms. The second-order valence-corrected chi connectivity index (χ2v) is 6.81. The Labute approximate surface area is 152 Å². The van der Waals surface area contributed by atoms with Gasteiger partial charge in [0, 0.05) is 11.6 Å². The number of rotatable bonds is 2. The molecule has 0 bridgehead atoms. The van der Waals surface area contributed by atoms with Gasteiger partial charge in [0.2, 0.25) is 0 Å². The first-order valence-corrected chi connectivity index (χ1v) is 8.57. The Morgan fingerprint density at radius 1 is 1.04 bits per heavy atom. The number of ketones is 1. The third-order valence-electron chi connectivity index (χ3n) is 5.49. The van der Waals surface area contributed by atoms with Crippen molar-refractivity contribution in [2.24, 2.45) is 5.41 Å². The highest BCUT2D eigenvalue weighted by Crippen LogP contribution is 2.54. The number of carbonyl (C=O) groups excluding carboxylic acids is 1. The van der Waals surface area contributed by atoms with Crippen molar-refractivity contribution < 1.29 is 4.79 Å². The summed E-state index contributed by atoms with van der Waals surface area (Å²) in [6.45, 7) is 1.55. The van der Waals surface area contributed by atoms with Crippen LogP contribution < -0.4 is 4.90 Å². The fourth-order valence-corrected chi connectivity index (χ4v) is 4.42. The summed E-state index contributed by atoms with van der Waals surface area (Å²) in [6, 6.07) is 20.8. The predicted octanol–water partition coefficient (Wildman–Crippen LogP) is 3.68. The number of fused-ring (bicyclic) bond motifs is 3. The van der Waals surface area contributed by atoms with Gasteiger partial charge < -0.3 is 4.90 Å². The van der Waals surface area contributed by atoms with Crippen molar-refractivity contribution in [3.8, 4) is 12.1 Å². The Morgan fingerprint density at radius 3 is 2.35 bits per heavy atom. The molecule has 3 atom stereocenters. The van der Waals surface area contributed by atoms with Crippen molar-refractivity contribution in [2.45, 2.75) is 24.9 Å². The first kappa shape index (κ1) is 16.1. The molecule has 26 heavy (non-hydrogen) atoms. The van der Waals surface area contributed by atoms with E-state index in [2.05, 4.69) is 12.1 Å². The van der Waals surface area contributed by atoms with E-state index in [9.17, 15) is 15.3 Å². The van der Waals surface area contributed by atoms with Gasteiger partial charge in [-0.25, -0.2) is 0 Å². The standard InChI is InChI=1S/C22H17N3O/c1-15(26)21-20(17-8-3-2-4-9-17)22(13-23,14-24)19-12-11-16-7-5-6-10-18(16)25(19)21/h2-12,19-21H,1H3/t19-,20-,21-/m1/s1. The van der Waals surface area contributed by atoms with Crippen LogP contribution in [0.25, 0.3) is 6.08 Å². The van der Waals surface area contributed by atoms with Crippen LogP contribution in [0.1, 0.15) is 24.0 Å². The average molecular weight is 339 g/mol. The van der Waals surface area contributed by atoms with Gasteiger partial charge in [0.05, 0.1) is 24.2 Å². The summed E-state index contributed by atoms with van der Waals surface area (Å²) in [5, 5.41) is 20.2. The molecule has 0 radical (unpaired) electrons. The maximum absolute atomic E-state index is 12.7. The molecule has 1 saturated heterocycles. The lowest BCUT2D eigenvalue weighted by Gasteiger charge is -2.35. The minimum absolute atomic E-state index is 0.0404. The van der Waals surface area contributed by atoms with E-state index in [0.717, 1.165) is 16.8 Å². The molecule has 2 aliphatic rings. The molecule has 126 valence electrons. The molecular weight excluding hydrogens is 322 g/mol. The van der Waals surface area contributed by atoms with Gasteiger partial charge >= 0.3 is 0 Å². The van der Waals surface area contributed by atoms with E-state index in [1.165, 1.54) is 0 Å². The molecule has 0 saturated carbocycles. The zero-order valence-corrected chi connectivity index (χ0v) is 14.3. The fraction of sp³-hybridized carbons (Fsp3) is 0.227. The van der Waals surface area contributed by atoms with Gasteiger partial charge in [-0.05, 0) is 24.1 Å². The van der Waals surface area contributed by atoms with Crippen LogP contribution in [0.5, 0.6) is 0 Å². The van der Waals surface area contributed by atoms with Gasteiger partial charge in [-0.15, -0.1) is 0 Å². The lowest BCUT2D eigenvalue weighted by atomic mass is 9.69. The van der Waals surface area contributed by atoms with E-state index >= 15 is 0 Å². The van der Waals surface area contributed by atoms with Crippen molar-refractivity contribution in [3.05, 3.63) is 71.8 Å². The summed E-state index contributed by atoms with van der Waals surface area (Å²) < 4.78 is 0. The van der Waals surface area contributed by atoms with E-state index in [0.29, 0.717) is 0 Å². The van der Waals surface area contributed by atoms with Crippen molar-refractivity contribution in [2.75, 3.05) is 4.90 Å². The van der Waals surface area contributed by atoms with Gasteiger partial charge in [0.1, 0.15) is 0 Å². The van der Waals surface area contributed by atoms with Gasteiger partial charge in [-0.2, -0.15) is 10.5 Å². The Morgan fingerprint density at radius 2 is 1.69 bits per heavy atom. The molecule has 0 unspecified atom stereocenters. The van der Waals surface area contributed by atoms with Crippen LogP contribution in [0.4, 0.5) is 5.69 Å². The molecule has 0 aliphatic carbocycles. The van der Waals surface area contributed by atoms with Crippen LogP contribution in [0, 0.1) is 28.1 Å². The lowest BCUT2D eigenvalue weighted by molar-refractivity contribution is -0.118. The van der Waals surface area contributed by atoms with E-state index in [1.54, 1.807) is 6.92 Å². The molecule has 2 aromatic rings. The molecular formula is C22H17N3O. The van der Waals surface area contributed by atoms with Crippen LogP contribution in [0.15, 0.2) is 60.7 Å². The number of anilines is 1. The van der Waals surface area contributed by atoms with Gasteiger partial charge in [-0.1, -0.05) is 60.7 Å². The topological polar surface area (TPSA) is 67.9 Å². The maximum atomic E-state index is 12.7.